The monoisotopic (exact) mass is 290 g/mol. The first-order valence-electron chi connectivity index (χ1n) is 7.84. The molecular weight excluding hydrogens is 264 g/mol. The first-order chi connectivity index (χ1) is 10.1. The van der Waals surface area contributed by atoms with E-state index in [4.69, 9.17) is 10.5 Å². The van der Waals surface area contributed by atoms with Crippen LogP contribution in [0.3, 0.4) is 0 Å². The Hall–Kier alpha value is -1.71. The number of hydrogen-bond donors (Lipinski definition) is 2. The second kappa shape index (κ2) is 7.34. The van der Waals surface area contributed by atoms with E-state index in [0.717, 1.165) is 17.4 Å². The molecule has 21 heavy (non-hydrogen) atoms. The fourth-order valence-corrected chi connectivity index (χ4v) is 2.96. The number of hydrogen-bond acceptors (Lipinski definition) is 3. The van der Waals surface area contributed by atoms with Crippen LogP contribution < -0.4 is 15.8 Å². The second-order valence-electron chi connectivity index (χ2n) is 6.08. The van der Waals surface area contributed by atoms with Crippen molar-refractivity contribution < 1.29 is 9.53 Å². The zero-order valence-electron chi connectivity index (χ0n) is 13.0. The number of para-hydroxylation sites is 2. The Morgan fingerprint density at radius 1 is 1.33 bits per heavy atom. The van der Waals surface area contributed by atoms with Gasteiger partial charge in [0, 0.05) is 6.04 Å². The van der Waals surface area contributed by atoms with Gasteiger partial charge in [0.15, 0.2) is 0 Å². The minimum Gasteiger partial charge on any atom is -0.491 e. The van der Waals surface area contributed by atoms with Gasteiger partial charge in [-0.15, -0.1) is 0 Å². The molecule has 0 saturated heterocycles. The van der Waals surface area contributed by atoms with Gasteiger partial charge in [0.2, 0.25) is 5.91 Å². The van der Waals surface area contributed by atoms with Crippen molar-refractivity contribution >= 4 is 11.6 Å². The number of carbonyl (C=O) groups excluding carboxylic acids is 1. The molecule has 0 bridgehead atoms. The van der Waals surface area contributed by atoms with Crippen molar-refractivity contribution in [3.63, 3.8) is 0 Å². The molecule has 1 aliphatic carbocycles. The van der Waals surface area contributed by atoms with E-state index < -0.39 is 0 Å². The van der Waals surface area contributed by atoms with Crippen LogP contribution in [0.1, 0.15) is 39.5 Å². The fourth-order valence-electron chi connectivity index (χ4n) is 2.96. The molecule has 1 fully saturated rings. The van der Waals surface area contributed by atoms with Crippen LogP contribution in [-0.4, -0.2) is 18.6 Å². The van der Waals surface area contributed by atoms with Gasteiger partial charge >= 0.3 is 0 Å². The largest absolute Gasteiger partial charge is 0.491 e. The molecule has 1 amide bonds. The SMILES string of the molecule is CC1CCCC(Nc2ccccc2OCCC(N)=O)C1C. The lowest BCUT2D eigenvalue weighted by molar-refractivity contribution is -0.118. The molecule has 0 aliphatic heterocycles. The number of primary amides is 1. The van der Waals surface area contributed by atoms with E-state index in [0.29, 0.717) is 18.6 Å². The maximum atomic E-state index is 10.8. The van der Waals surface area contributed by atoms with Crippen molar-refractivity contribution in [2.24, 2.45) is 17.6 Å². The third-order valence-corrected chi connectivity index (χ3v) is 4.54. The summed E-state index contributed by atoms with van der Waals surface area (Å²) in [5.41, 5.74) is 6.15. The summed E-state index contributed by atoms with van der Waals surface area (Å²) in [6.45, 7) is 4.97. The summed E-state index contributed by atoms with van der Waals surface area (Å²) >= 11 is 0. The van der Waals surface area contributed by atoms with Crippen LogP contribution in [0.5, 0.6) is 5.75 Å². The molecule has 3 unspecified atom stereocenters. The number of nitrogens with two attached hydrogens (primary N) is 1. The van der Waals surface area contributed by atoms with Gasteiger partial charge in [-0.25, -0.2) is 0 Å². The lowest BCUT2D eigenvalue weighted by Crippen LogP contribution is -2.35. The van der Waals surface area contributed by atoms with Crippen LogP contribution in [0, 0.1) is 11.8 Å². The summed E-state index contributed by atoms with van der Waals surface area (Å²) in [5, 5.41) is 3.63. The average Bonchev–Trinajstić information content (AvgIpc) is 2.45. The molecule has 2 rings (SSSR count). The zero-order valence-corrected chi connectivity index (χ0v) is 13.0. The topological polar surface area (TPSA) is 64.3 Å². The summed E-state index contributed by atoms with van der Waals surface area (Å²) < 4.78 is 5.69. The van der Waals surface area contributed by atoms with Crippen molar-refractivity contribution in [1.29, 1.82) is 0 Å². The molecule has 1 aromatic rings. The summed E-state index contributed by atoms with van der Waals surface area (Å²) in [6.07, 6.45) is 4.02. The predicted octanol–water partition coefficient (Wildman–Crippen LogP) is 3.18. The lowest BCUT2D eigenvalue weighted by atomic mass is 9.78. The summed E-state index contributed by atoms with van der Waals surface area (Å²) in [6, 6.07) is 8.39. The zero-order chi connectivity index (χ0) is 15.2. The first kappa shape index (κ1) is 15.7. The Morgan fingerprint density at radius 3 is 2.86 bits per heavy atom. The molecule has 116 valence electrons. The van der Waals surface area contributed by atoms with Gasteiger partial charge in [-0.05, 0) is 30.4 Å². The van der Waals surface area contributed by atoms with E-state index in [-0.39, 0.29) is 12.3 Å². The normalized spacial score (nSPS) is 25.3. The number of benzene rings is 1. The number of anilines is 1. The Bertz CT molecular complexity index is 476. The van der Waals surface area contributed by atoms with Gasteiger partial charge < -0.3 is 15.8 Å². The highest BCUT2D eigenvalue weighted by Crippen LogP contribution is 2.34. The number of carbonyl (C=O) groups is 1. The van der Waals surface area contributed by atoms with Crippen molar-refractivity contribution in [2.75, 3.05) is 11.9 Å². The quantitative estimate of drug-likeness (QED) is 0.845. The number of ether oxygens (including phenoxy) is 1. The maximum absolute atomic E-state index is 10.8. The smallest absolute Gasteiger partial charge is 0.220 e. The number of amides is 1. The van der Waals surface area contributed by atoms with E-state index in [2.05, 4.69) is 19.2 Å². The number of rotatable bonds is 6. The molecule has 1 aromatic carbocycles. The molecule has 0 aromatic heterocycles. The van der Waals surface area contributed by atoms with Gasteiger partial charge in [0.05, 0.1) is 18.7 Å². The van der Waals surface area contributed by atoms with Gasteiger partial charge in [0.25, 0.3) is 0 Å². The van der Waals surface area contributed by atoms with E-state index in [1.54, 1.807) is 0 Å². The second-order valence-corrected chi connectivity index (χ2v) is 6.08. The van der Waals surface area contributed by atoms with Crippen LogP contribution in [0.2, 0.25) is 0 Å². The van der Waals surface area contributed by atoms with Crippen LogP contribution in [0.4, 0.5) is 5.69 Å². The summed E-state index contributed by atoms with van der Waals surface area (Å²) in [7, 11) is 0. The van der Waals surface area contributed by atoms with E-state index >= 15 is 0 Å². The Morgan fingerprint density at radius 2 is 2.10 bits per heavy atom. The summed E-state index contributed by atoms with van der Waals surface area (Å²) in [5.74, 6) is 1.86. The van der Waals surface area contributed by atoms with Crippen LogP contribution in [-0.2, 0) is 4.79 Å². The summed E-state index contributed by atoms with van der Waals surface area (Å²) in [4.78, 5) is 10.8. The molecular formula is C17H26N2O2. The average molecular weight is 290 g/mol. The Kier molecular flexibility index (Phi) is 5.48. The Labute approximate surface area is 127 Å². The minimum atomic E-state index is -0.338. The predicted molar refractivity (Wildman–Crippen MR) is 85.3 cm³/mol. The highest BCUT2D eigenvalue weighted by atomic mass is 16.5. The van der Waals surface area contributed by atoms with Crippen molar-refractivity contribution in [3.05, 3.63) is 24.3 Å². The molecule has 0 spiro atoms. The third-order valence-electron chi connectivity index (χ3n) is 4.54. The van der Waals surface area contributed by atoms with E-state index in [9.17, 15) is 4.79 Å². The lowest BCUT2D eigenvalue weighted by Gasteiger charge is -2.35. The van der Waals surface area contributed by atoms with Gasteiger partial charge in [-0.2, -0.15) is 0 Å². The highest BCUT2D eigenvalue weighted by Gasteiger charge is 2.27. The van der Waals surface area contributed by atoms with Gasteiger partial charge in [-0.1, -0.05) is 38.8 Å². The van der Waals surface area contributed by atoms with Crippen LogP contribution in [0.15, 0.2) is 24.3 Å². The molecule has 1 saturated carbocycles. The van der Waals surface area contributed by atoms with Crippen molar-refractivity contribution in [2.45, 2.75) is 45.6 Å². The third kappa shape index (κ3) is 4.38. The first-order valence-corrected chi connectivity index (χ1v) is 7.84. The van der Waals surface area contributed by atoms with E-state index in [1.165, 1.54) is 19.3 Å². The molecule has 4 nitrogen and oxygen atoms in total. The highest BCUT2D eigenvalue weighted by molar-refractivity contribution is 5.73. The molecule has 0 radical (unpaired) electrons. The fraction of sp³-hybridized carbons (Fsp3) is 0.588. The Balaban J connectivity index is 2.00. The van der Waals surface area contributed by atoms with E-state index in [1.807, 2.05) is 24.3 Å². The molecule has 3 N–H and O–H groups in total. The number of nitrogens with one attached hydrogen (secondary N) is 1. The van der Waals surface area contributed by atoms with Crippen LogP contribution >= 0.6 is 0 Å². The molecule has 4 heteroatoms. The van der Waals surface area contributed by atoms with Crippen molar-refractivity contribution in [1.82, 2.24) is 0 Å². The minimum absolute atomic E-state index is 0.241. The standard InChI is InChI=1S/C17H26N2O2/c1-12-6-5-8-14(13(12)2)19-15-7-3-4-9-16(15)21-11-10-17(18)20/h3-4,7,9,12-14,19H,5-6,8,10-11H2,1-2H3,(H2,18,20). The molecule has 3 atom stereocenters. The van der Waals surface area contributed by atoms with Gasteiger partial charge in [0.1, 0.15) is 5.75 Å². The van der Waals surface area contributed by atoms with Crippen LogP contribution in [0.25, 0.3) is 0 Å². The maximum Gasteiger partial charge on any atom is 0.220 e. The molecule has 0 heterocycles. The molecule has 1 aliphatic rings. The van der Waals surface area contributed by atoms with Crippen molar-refractivity contribution in [3.8, 4) is 5.75 Å². The van der Waals surface area contributed by atoms with Gasteiger partial charge in [-0.3, -0.25) is 4.79 Å².